The number of nitrogens with one attached hydrogen (secondary N) is 1. The molecule has 3 heterocycles. The van der Waals surface area contributed by atoms with E-state index in [2.05, 4.69) is 10.3 Å². The number of piperazine rings is 1. The van der Waals surface area contributed by atoms with Crippen LogP contribution in [0.15, 0.2) is 97.1 Å². The average Bonchev–Trinajstić information content (AvgIpc) is 3.23. The molecule has 286 valence electrons. The first-order valence-electron chi connectivity index (χ1n) is 16.3. The molecule has 0 bridgehead atoms. The van der Waals surface area contributed by atoms with E-state index >= 15 is 0 Å². The normalized spacial score (nSPS) is 16.4. The van der Waals surface area contributed by atoms with E-state index in [1.165, 1.54) is 35.2 Å². The van der Waals surface area contributed by atoms with E-state index in [0.29, 0.717) is 35.4 Å². The monoisotopic (exact) mass is 774 g/mol. The molecule has 2 N–H and O–H groups in total. The van der Waals surface area contributed by atoms with Gasteiger partial charge >= 0.3 is 24.5 Å². The van der Waals surface area contributed by atoms with Crippen LogP contribution in [0, 0.1) is 0 Å². The number of rotatable bonds is 4. The largest absolute Gasteiger partial charge is 0.490 e. The highest BCUT2D eigenvalue weighted by Crippen LogP contribution is 2.36. The highest BCUT2D eigenvalue weighted by molar-refractivity contribution is 6.10. The van der Waals surface area contributed by atoms with Crippen molar-refractivity contribution in [3.63, 3.8) is 0 Å². The number of anilines is 1. The van der Waals surface area contributed by atoms with Crippen molar-refractivity contribution in [3.05, 3.63) is 119 Å². The van der Waals surface area contributed by atoms with Crippen molar-refractivity contribution in [2.45, 2.75) is 31.1 Å². The number of carboxylic acid groups (broad SMARTS) is 1. The Balaban J connectivity index is 0.000000672. The maximum absolute atomic E-state index is 13.8. The van der Waals surface area contributed by atoms with E-state index in [-0.39, 0.29) is 29.9 Å². The molecular weight excluding hydrogens is 747 g/mol. The summed E-state index contributed by atoms with van der Waals surface area (Å²) in [5.41, 5.74) is 1.65. The molecule has 17 heteroatoms. The minimum Gasteiger partial charge on any atom is -0.475 e. The topological polar surface area (TPSA) is 103 Å². The molecular formula is C38H27F9N4O4. The predicted molar refractivity (Wildman–Crippen MR) is 181 cm³/mol. The molecule has 0 aliphatic carbocycles. The summed E-state index contributed by atoms with van der Waals surface area (Å²) in [5, 5.41) is 10.8. The first kappa shape index (κ1) is 38.7. The molecule has 1 atom stereocenters. The van der Waals surface area contributed by atoms with Gasteiger partial charge in [0.2, 0.25) is 5.91 Å². The first-order chi connectivity index (χ1) is 25.8. The van der Waals surface area contributed by atoms with Gasteiger partial charge in [-0.2, -0.15) is 39.5 Å². The summed E-state index contributed by atoms with van der Waals surface area (Å²) in [6, 6.07) is 22.6. The second kappa shape index (κ2) is 14.7. The van der Waals surface area contributed by atoms with E-state index in [1.54, 1.807) is 30.3 Å². The number of aliphatic carboxylic acids is 1. The predicted octanol–water partition coefficient (Wildman–Crippen LogP) is 8.52. The molecule has 2 amide bonds. The van der Waals surface area contributed by atoms with Crippen LogP contribution in [0.25, 0.3) is 33.3 Å². The number of hydrogen-bond acceptors (Lipinski definition) is 5. The molecule has 8 nitrogen and oxygen atoms in total. The SMILES string of the molecule is O=C(O)C(F)(F)F.O=C1Nc2ccc(-c3cccc(C(F)(F)F)c3)cc2C(=O)N2CCN(Cc3cc(-c4cccc(C(F)(F)F)c4)nc4ccccc34)CC12. The van der Waals surface area contributed by atoms with Crippen LogP contribution in [0.4, 0.5) is 45.2 Å². The number of hydrogen-bond donors (Lipinski definition) is 2. The van der Waals surface area contributed by atoms with Gasteiger partial charge in [0.25, 0.3) is 5.91 Å². The molecule has 1 fully saturated rings. The number of aromatic nitrogens is 1. The molecule has 55 heavy (non-hydrogen) atoms. The van der Waals surface area contributed by atoms with Gasteiger partial charge in [-0.15, -0.1) is 0 Å². The fourth-order valence-electron chi connectivity index (χ4n) is 6.33. The van der Waals surface area contributed by atoms with Crippen LogP contribution in [-0.2, 0) is 28.5 Å². The van der Waals surface area contributed by atoms with Gasteiger partial charge in [-0.05, 0) is 65.2 Å². The highest BCUT2D eigenvalue weighted by atomic mass is 19.4. The maximum atomic E-state index is 13.8. The van der Waals surface area contributed by atoms with Gasteiger partial charge in [-0.3, -0.25) is 14.5 Å². The summed E-state index contributed by atoms with van der Waals surface area (Å²) >= 11 is 0. The van der Waals surface area contributed by atoms with Crippen molar-refractivity contribution in [3.8, 4) is 22.4 Å². The molecule has 2 aliphatic rings. The van der Waals surface area contributed by atoms with Crippen molar-refractivity contribution < 1.29 is 59.0 Å². The zero-order valence-electron chi connectivity index (χ0n) is 28.1. The molecule has 5 aromatic rings. The number of carbonyl (C=O) groups excluding carboxylic acids is 2. The number of carbonyl (C=O) groups is 3. The van der Waals surface area contributed by atoms with Crippen molar-refractivity contribution >= 4 is 34.4 Å². The molecule has 4 aromatic carbocycles. The van der Waals surface area contributed by atoms with Gasteiger partial charge in [0.15, 0.2) is 0 Å². The second-order valence-electron chi connectivity index (χ2n) is 12.6. The Bertz CT molecular complexity index is 2290. The van der Waals surface area contributed by atoms with Crippen LogP contribution in [0.3, 0.4) is 0 Å². The number of halogens is 9. The van der Waals surface area contributed by atoms with Crippen molar-refractivity contribution in [1.29, 1.82) is 0 Å². The molecule has 0 radical (unpaired) electrons. The standard InChI is InChI=1S/C36H26F6N4O2.C2HF3O2/c37-35(38,39)25-7-3-5-21(15-25)22-11-12-30-28(17-22)34(48)46-14-13-45(20-32(46)33(47)44-30)19-24-18-31(43-29-10-2-1-9-27(24)29)23-6-4-8-26(16-23)36(40,41)42;3-2(4,5)1(6)7/h1-12,15-18,32H,13-14,19-20H2,(H,44,47);(H,6,7). The van der Waals surface area contributed by atoms with E-state index < -0.39 is 53.5 Å². The lowest BCUT2D eigenvalue weighted by Crippen LogP contribution is -2.58. The Morgan fingerprint density at radius 1 is 0.745 bits per heavy atom. The average molecular weight is 775 g/mol. The number of pyridine rings is 1. The van der Waals surface area contributed by atoms with Crippen LogP contribution in [0.1, 0.15) is 27.0 Å². The van der Waals surface area contributed by atoms with Crippen LogP contribution in [-0.4, -0.2) is 69.5 Å². The minimum atomic E-state index is -5.08. The summed E-state index contributed by atoms with van der Waals surface area (Å²) in [7, 11) is 0. The Morgan fingerprint density at radius 3 is 1.98 bits per heavy atom. The maximum Gasteiger partial charge on any atom is 0.490 e. The summed E-state index contributed by atoms with van der Waals surface area (Å²) in [5.74, 6) is -3.57. The Morgan fingerprint density at radius 2 is 1.35 bits per heavy atom. The van der Waals surface area contributed by atoms with E-state index in [0.717, 1.165) is 35.2 Å². The Hall–Kier alpha value is -5.97. The lowest BCUT2D eigenvalue weighted by atomic mass is 9.99. The summed E-state index contributed by atoms with van der Waals surface area (Å²) < 4.78 is 112. The molecule has 1 aromatic heterocycles. The number of para-hydroxylation sites is 1. The molecule has 0 spiro atoms. The fourth-order valence-corrected chi connectivity index (χ4v) is 6.33. The Kier molecular flexibility index (Phi) is 10.4. The third kappa shape index (κ3) is 8.56. The van der Waals surface area contributed by atoms with E-state index in [4.69, 9.17) is 9.90 Å². The minimum absolute atomic E-state index is 0.181. The zero-order valence-corrected chi connectivity index (χ0v) is 28.1. The number of alkyl halides is 9. The van der Waals surface area contributed by atoms with E-state index in [1.807, 2.05) is 17.0 Å². The van der Waals surface area contributed by atoms with Gasteiger partial charge < -0.3 is 15.3 Å². The van der Waals surface area contributed by atoms with Crippen molar-refractivity contribution in [2.75, 3.05) is 25.0 Å². The molecule has 7 rings (SSSR count). The smallest absolute Gasteiger partial charge is 0.475 e. The Labute approximate surface area is 305 Å². The number of benzene rings is 4. The lowest BCUT2D eigenvalue weighted by molar-refractivity contribution is -0.192. The number of fused-ring (bicyclic) bond motifs is 3. The third-order valence-electron chi connectivity index (χ3n) is 8.98. The molecule has 1 unspecified atom stereocenters. The summed E-state index contributed by atoms with van der Waals surface area (Å²) in [6.45, 7) is 1.12. The fraction of sp³-hybridized carbons (Fsp3) is 0.211. The van der Waals surface area contributed by atoms with Gasteiger partial charge in [0, 0.05) is 37.1 Å². The second-order valence-corrected chi connectivity index (χ2v) is 12.6. The van der Waals surface area contributed by atoms with Crippen LogP contribution in [0.5, 0.6) is 0 Å². The van der Waals surface area contributed by atoms with Gasteiger partial charge in [-0.25, -0.2) is 9.78 Å². The highest BCUT2D eigenvalue weighted by Gasteiger charge is 2.40. The number of nitrogens with zero attached hydrogens (tertiary/aromatic N) is 3. The van der Waals surface area contributed by atoms with Gasteiger partial charge in [0.1, 0.15) is 6.04 Å². The first-order valence-corrected chi connectivity index (χ1v) is 16.3. The van der Waals surface area contributed by atoms with E-state index in [9.17, 15) is 49.1 Å². The number of carboxylic acids is 1. The quantitative estimate of drug-likeness (QED) is 0.178. The summed E-state index contributed by atoms with van der Waals surface area (Å²) in [6.07, 6.45) is -14.1. The third-order valence-corrected chi connectivity index (χ3v) is 8.98. The molecule has 1 saturated heterocycles. The van der Waals surface area contributed by atoms with Crippen LogP contribution >= 0.6 is 0 Å². The zero-order chi connectivity index (χ0) is 39.9. The molecule has 2 aliphatic heterocycles. The van der Waals surface area contributed by atoms with Crippen molar-refractivity contribution in [2.24, 2.45) is 0 Å². The van der Waals surface area contributed by atoms with Crippen LogP contribution in [0.2, 0.25) is 0 Å². The van der Waals surface area contributed by atoms with Crippen molar-refractivity contribution in [1.82, 2.24) is 14.8 Å². The van der Waals surface area contributed by atoms with Gasteiger partial charge in [-0.1, -0.05) is 48.5 Å². The molecule has 0 saturated carbocycles. The lowest BCUT2D eigenvalue weighted by Gasteiger charge is -2.39. The number of amides is 2. The summed E-state index contributed by atoms with van der Waals surface area (Å²) in [4.78, 5) is 44.3. The van der Waals surface area contributed by atoms with Gasteiger partial charge in [0.05, 0.1) is 33.6 Å². The van der Waals surface area contributed by atoms with Crippen LogP contribution < -0.4 is 5.32 Å².